The van der Waals surface area contributed by atoms with E-state index < -0.39 is 45.9 Å². The highest BCUT2D eigenvalue weighted by atomic mass is 35.5. The highest BCUT2D eigenvalue weighted by molar-refractivity contribution is 6.33. The number of hydrogen-bond donors (Lipinski definition) is 1. The van der Waals surface area contributed by atoms with Gasteiger partial charge in [0, 0.05) is 10.8 Å². The topological polar surface area (TPSA) is 99.1 Å². The Kier molecular flexibility index (Phi) is 6.17. The van der Waals surface area contributed by atoms with Gasteiger partial charge in [-0.3, -0.25) is 4.79 Å². The third kappa shape index (κ3) is 3.60. The van der Waals surface area contributed by atoms with Gasteiger partial charge in [0.05, 0.1) is 7.11 Å². The summed E-state index contributed by atoms with van der Waals surface area (Å²) >= 11 is 5.78. The lowest BCUT2D eigenvalue weighted by Gasteiger charge is -2.60. The molecular formula is C25H32ClFO7. The molecule has 0 bridgehead atoms. The van der Waals surface area contributed by atoms with Gasteiger partial charge in [0.1, 0.15) is 11.8 Å². The van der Waals surface area contributed by atoms with Crippen LogP contribution in [0.2, 0.25) is 0 Å². The highest BCUT2D eigenvalue weighted by Crippen LogP contribution is 2.68. The number of aliphatic hydroxyl groups is 1. The number of ether oxygens (including phenoxy) is 3. The first-order chi connectivity index (χ1) is 15.8. The monoisotopic (exact) mass is 498 g/mol. The van der Waals surface area contributed by atoms with Crippen LogP contribution in [0.1, 0.15) is 59.3 Å². The molecule has 34 heavy (non-hydrogen) atoms. The second-order valence-corrected chi connectivity index (χ2v) is 11.2. The molecule has 0 heterocycles. The number of esters is 1. The summed E-state index contributed by atoms with van der Waals surface area (Å²) in [6, 6.07) is 0. The Balaban J connectivity index is 1.49. The van der Waals surface area contributed by atoms with E-state index in [-0.39, 0.29) is 17.6 Å². The molecule has 1 N–H and O–H groups in total. The molecular weight excluding hydrogens is 467 g/mol. The van der Waals surface area contributed by atoms with Crippen molar-refractivity contribution >= 4 is 29.5 Å². The van der Waals surface area contributed by atoms with Crippen molar-refractivity contribution in [3.05, 3.63) is 23.8 Å². The van der Waals surface area contributed by atoms with E-state index in [2.05, 4.69) is 4.74 Å². The number of allylic oxidation sites excluding steroid dienone is 4. The minimum Gasteiger partial charge on any atom is -0.466 e. The van der Waals surface area contributed by atoms with Gasteiger partial charge in [-0.05, 0) is 76.4 Å². The number of hydrogen-bond acceptors (Lipinski definition) is 7. The van der Waals surface area contributed by atoms with E-state index in [1.54, 1.807) is 12.2 Å². The molecule has 0 aromatic rings. The van der Waals surface area contributed by atoms with Crippen LogP contribution in [0.25, 0.3) is 0 Å². The van der Waals surface area contributed by atoms with Crippen molar-refractivity contribution in [3.63, 3.8) is 0 Å². The maximum Gasteiger partial charge on any atom is 0.508 e. The predicted molar refractivity (Wildman–Crippen MR) is 121 cm³/mol. The summed E-state index contributed by atoms with van der Waals surface area (Å²) in [5, 5.41) is 7.54. The van der Waals surface area contributed by atoms with E-state index in [1.807, 2.05) is 13.8 Å². The first kappa shape index (κ1) is 25.2. The second-order valence-electron chi connectivity index (χ2n) is 10.6. The number of methoxy groups -OCH3 is 1. The highest BCUT2D eigenvalue weighted by Gasteiger charge is 2.67. The van der Waals surface area contributed by atoms with E-state index >= 15 is 4.39 Å². The molecule has 2 unspecified atom stereocenters. The first-order valence-electron chi connectivity index (χ1n) is 11.8. The van der Waals surface area contributed by atoms with Crippen molar-refractivity contribution in [1.82, 2.24) is 0 Å². The van der Waals surface area contributed by atoms with Crippen molar-refractivity contribution < 1.29 is 38.1 Å². The minimum absolute atomic E-state index is 0.00547. The number of halogens is 2. The summed E-state index contributed by atoms with van der Waals surface area (Å²) < 4.78 is 32.0. The Bertz CT molecular complexity index is 961. The molecule has 7 nitrogen and oxygen atoms in total. The SMILES string of the molecule is COC(=O)C(O)(Cl)C(C)OC(=O)O[C@@H]1CC[C@H]2[C@@H]3CCC4=CC(=O)C=C[C@]4(C)[C@@]3(F)CC[C@]12C. The van der Waals surface area contributed by atoms with Gasteiger partial charge in [0.2, 0.25) is 0 Å². The third-order valence-corrected chi connectivity index (χ3v) is 9.56. The van der Waals surface area contributed by atoms with E-state index in [9.17, 15) is 19.5 Å². The molecule has 188 valence electrons. The molecule has 3 fully saturated rings. The summed E-state index contributed by atoms with van der Waals surface area (Å²) in [6.07, 6.45) is 5.27. The molecule has 0 spiro atoms. The maximum atomic E-state index is 16.9. The molecule has 0 amide bonds. The Morgan fingerprint density at radius 3 is 2.62 bits per heavy atom. The van der Waals surface area contributed by atoms with E-state index in [4.69, 9.17) is 21.1 Å². The van der Waals surface area contributed by atoms with Gasteiger partial charge in [-0.25, -0.2) is 14.0 Å². The molecule has 0 aliphatic heterocycles. The predicted octanol–water partition coefficient (Wildman–Crippen LogP) is 4.40. The normalized spacial score (nSPS) is 41.2. The fraction of sp³-hybridized carbons (Fsp3) is 0.720. The Hall–Kier alpha value is -1.93. The molecule has 4 aliphatic carbocycles. The van der Waals surface area contributed by atoms with Crippen LogP contribution in [0.15, 0.2) is 23.8 Å². The number of fused-ring (bicyclic) bond motifs is 5. The van der Waals surface area contributed by atoms with Crippen molar-refractivity contribution in [1.29, 1.82) is 0 Å². The van der Waals surface area contributed by atoms with Crippen LogP contribution in [-0.4, -0.2) is 53.1 Å². The van der Waals surface area contributed by atoms with Crippen LogP contribution in [0.4, 0.5) is 9.18 Å². The molecule has 4 rings (SSSR count). The van der Waals surface area contributed by atoms with Gasteiger partial charge in [-0.1, -0.05) is 30.2 Å². The maximum absolute atomic E-state index is 16.9. The Labute approximate surface area is 203 Å². The molecule has 9 heteroatoms. The molecule has 0 aromatic heterocycles. The van der Waals surface area contributed by atoms with E-state index in [1.165, 1.54) is 13.0 Å². The zero-order valence-corrected chi connectivity index (χ0v) is 20.7. The van der Waals surface area contributed by atoms with Crippen molar-refractivity contribution in [2.45, 2.75) is 82.2 Å². The number of carbonyl (C=O) groups excluding carboxylic acids is 3. The minimum atomic E-state index is -2.54. The molecule has 0 aromatic carbocycles. The Morgan fingerprint density at radius 1 is 1.24 bits per heavy atom. The zero-order valence-electron chi connectivity index (χ0n) is 19.9. The lowest BCUT2D eigenvalue weighted by atomic mass is 9.47. The lowest BCUT2D eigenvalue weighted by Crippen LogP contribution is -2.60. The van der Waals surface area contributed by atoms with Gasteiger partial charge in [0.25, 0.3) is 5.06 Å². The number of carbonyl (C=O) groups is 3. The summed E-state index contributed by atoms with van der Waals surface area (Å²) in [5.41, 5.74) is -1.85. The molecule has 0 radical (unpaired) electrons. The van der Waals surface area contributed by atoms with Gasteiger partial charge in [-0.2, -0.15) is 0 Å². The van der Waals surface area contributed by atoms with Crippen LogP contribution >= 0.6 is 11.6 Å². The average molecular weight is 499 g/mol. The van der Waals surface area contributed by atoms with Crippen LogP contribution in [0.3, 0.4) is 0 Å². The van der Waals surface area contributed by atoms with Crippen molar-refractivity contribution in [2.75, 3.05) is 7.11 Å². The van der Waals surface area contributed by atoms with Gasteiger partial charge < -0.3 is 19.3 Å². The zero-order chi connectivity index (χ0) is 25.1. The van der Waals surface area contributed by atoms with Crippen LogP contribution < -0.4 is 0 Å². The number of ketones is 1. The number of alkyl halides is 2. The fourth-order valence-electron chi connectivity index (χ4n) is 6.91. The number of rotatable bonds is 4. The first-order valence-corrected chi connectivity index (χ1v) is 12.2. The van der Waals surface area contributed by atoms with Gasteiger partial charge >= 0.3 is 12.1 Å². The van der Waals surface area contributed by atoms with E-state index in [0.717, 1.165) is 12.7 Å². The molecule has 4 aliphatic rings. The third-order valence-electron chi connectivity index (χ3n) is 9.10. The molecule has 0 saturated heterocycles. The summed E-state index contributed by atoms with van der Waals surface area (Å²) in [7, 11) is 1.06. The summed E-state index contributed by atoms with van der Waals surface area (Å²) in [4.78, 5) is 36.1. The fourth-order valence-corrected chi connectivity index (χ4v) is 7.03. The quantitative estimate of drug-likeness (QED) is 0.453. The molecule has 3 saturated carbocycles. The lowest BCUT2D eigenvalue weighted by molar-refractivity contribution is -0.164. The second kappa shape index (κ2) is 8.33. The Morgan fingerprint density at radius 2 is 1.94 bits per heavy atom. The van der Waals surface area contributed by atoms with E-state index in [0.29, 0.717) is 38.5 Å². The van der Waals surface area contributed by atoms with Gasteiger partial charge in [-0.15, -0.1) is 0 Å². The molecule has 8 atom stereocenters. The van der Waals surface area contributed by atoms with Crippen LogP contribution in [0.5, 0.6) is 0 Å². The smallest absolute Gasteiger partial charge is 0.466 e. The van der Waals surface area contributed by atoms with Crippen molar-refractivity contribution in [3.8, 4) is 0 Å². The standard InChI is InChI=1S/C25H32ClFO7/c1-14(25(26,31)20(29)32-4)33-21(30)34-19-8-7-17-18-6-5-15-13-16(28)9-10-23(15,3)24(18,27)12-11-22(17,19)2/h9-10,13-14,17-19,31H,5-8,11-12H2,1-4H3/t14?,17-,18-,19+,22-,23-,24+,25?/m0/s1. The largest absolute Gasteiger partial charge is 0.508 e. The van der Waals surface area contributed by atoms with Crippen molar-refractivity contribution in [2.24, 2.45) is 22.7 Å². The summed E-state index contributed by atoms with van der Waals surface area (Å²) in [6.45, 7) is 5.19. The van der Waals surface area contributed by atoms with Crippen LogP contribution in [-0.2, 0) is 23.8 Å². The summed E-state index contributed by atoms with van der Waals surface area (Å²) in [5.74, 6) is -1.45. The van der Waals surface area contributed by atoms with Gasteiger partial charge in [0.15, 0.2) is 11.9 Å². The average Bonchev–Trinajstić information content (AvgIpc) is 3.10. The van der Waals surface area contributed by atoms with Crippen LogP contribution in [0, 0.1) is 22.7 Å².